The van der Waals surface area contributed by atoms with Crippen LogP contribution in [-0.2, 0) is 20.9 Å². The van der Waals surface area contributed by atoms with Crippen molar-refractivity contribution in [2.45, 2.75) is 6.54 Å². The van der Waals surface area contributed by atoms with Gasteiger partial charge in [0.25, 0.3) is 5.91 Å². The van der Waals surface area contributed by atoms with E-state index in [1.54, 1.807) is 24.3 Å². The van der Waals surface area contributed by atoms with Gasteiger partial charge in [0, 0.05) is 0 Å². The van der Waals surface area contributed by atoms with Crippen LogP contribution in [0.5, 0.6) is 5.75 Å². The predicted molar refractivity (Wildman–Crippen MR) is 99.5 cm³/mol. The van der Waals surface area contributed by atoms with Gasteiger partial charge in [0.05, 0.1) is 12.8 Å². The molecule has 0 fully saturated rings. The van der Waals surface area contributed by atoms with Gasteiger partial charge >= 0.3 is 12.0 Å². The van der Waals surface area contributed by atoms with E-state index in [4.69, 9.17) is 13.9 Å². The van der Waals surface area contributed by atoms with Gasteiger partial charge in [0.15, 0.2) is 13.2 Å². The zero-order valence-electron chi connectivity index (χ0n) is 14.8. The molecule has 8 heteroatoms. The van der Waals surface area contributed by atoms with Gasteiger partial charge < -0.3 is 19.2 Å². The summed E-state index contributed by atoms with van der Waals surface area (Å²) in [6, 6.07) is 15.8. The molecule has 0 aliphatic rings. The zero-order chi connectivity index (χ0) is 19.8. The molecule has 2 aromatic carbocycles. The molecule has 0 bridgehead atoms. The number of imide groups is 1. The SMILES string of the molecule is O=C(COC(=O)COc1ccc2ccccc2c1)NC(=O)NCc1ccco1. The van der Waals surface area contributed by atoms with Crippen LogP contribution < -0.4 is 15.4 Å². The monoisotopic (exact) mass is 382 g/mol. The van der Waals surface area contributed by atoms with E-state index in [0.29, 0.717) is 11.5 Å². The Bertz CT molecular complexity index is 968. The van der Waals surface area contributed by atoms with Gasteiger partial charge in [-0.3, -0.25) is 10.1 Å². The molecule has 1 heterocycles. The average Bonchev–Trinajstić information content (AvgIpc) is 3.22. The molecule has 0 spiro atoms. The van der Waals surface area contributed by atoms with Crippen LogP contribution in [0.2, 0.25) is 0 Å². The van der Waals surface area contributed by atoms with E-state index < -0.39 is 24.5 Å². The molecule has 0 radical (unpaired) electrons. The summed E-state index contributed by atoms with van der Waals surface area (Å²) in [5.74, 6) is -0.424. The molecule has 2 N–H and O–H groups in total. The Morgan fingerprint density at radius 1 is 0.929 bits per heavy atom. The summed E-state index contributed by atoms with van der Waals surface area (Å²) in [7, 11) is 0. The number of urea groups is 1. The number of hydrogen-bond acceptors (Lipinski definition) is 6. The van der Waals surface area contributed by atoms with Crippen molar-refractivity contribution < 1.29 is 28.3 Å². The van der Waals surface area contributed by atoms with Crippen LogP contribution in [0.3, 0.4) is 0 Å². The summed E-state index contributed by atoms with van der Waals surface area (Å²) in [5, 5.41) is 6.51. The van der Waals surface area contributed by atoms with Crippen molar-refractivity contribution in [1.29, 1.82) is 0 Å². The highest BCUT2D eigenvalue weighted by atomic mass is 16.6. The van der Waals surface area contributed by atoms with Crippen molar-refractivity contribution >= 4 is 28.7 Å². The Morgan fingerprint density at radius 3 is 2.54 bits per heavy atom. The van der Waals surface area contributed by atoms with E-state index in [2.05, 4.69) is 5.32 Å². The topological polar surface area (TPSA) is 107 Å². The van der Waals surface area contributed by atoms with E-state index >= 15 is 0 Å². The minimum atomic E-state index is -0.754. The fourth-order valence-corrected chi connectivity index (χ4v) is 2.37. The van der Waals surface area contributed by atoms with E-state index in [-0.39, 0.29) is 13.2 Å². The normalized spacial score (nSPS) is 10.3. The first-order chi connectivity index (χ1) is 13.6. The van der Waals surface area contributed by atoms with Gasteiger partial charge in [-0.05, 0) is 35.0 Å². The van der Waals surface area contributed by atoms with Crippen LogP contribution in [0.15, 0.2) is 65.3 Å². The maximum Gasteiger partial charge on any atom is 0.344 e. The summed E-state index contributed by atoms with van der Waals surface area (Å²) in [6.07, 6.45) is 1.47. The number of fused-ring (bicyclic) bond motifs is 1. The molecule has 3 aromatic rings. The van der Waals surface area contributed by atoms with Crippen LogP contribution in [0.1, 0.15) is 5.76 Å². The number of hydrogen-bond donors (Lipinski definition) is 2. The average molecular weight is 382 g/mol. The first-order valence-corrected chi connectivity index (χ1v) is 8.47. The third kappa shape index (κ3) is 5.60. The molecule has 1 aromatic heterocycles. The number of esters is 1. The Labute approximate surface area is 160 Å². The lowest BCUT2D eigenvalue weighted by molar-refractivity contribution is -0.150. The first kappa shape index (κ1) is 19.0. The van der Waals surface area contributed by atoms with E-state index in [0.717, 1.165) is 10.8 Å². The number of carbonyl (C=O) groups excluding carboxylic acids is 3. The number of furan rings is 1. The lowest BCUT2D eigenvalue weighted by Gasteiger charge is -2.08. The summed E-state index contributed by atoms with van der Waals surface area (Å²) in [6.45, 7) is -0.810. The summed E-state index contributed by atoms with van der Waals surface area (Å²) in [4.78, 5) is 34.9. The molecular weight excluding hydrogens is 364 g/mol. The molecule has 28 heavy (non-hydrogen) atoms. The Kier molecular flexibility index (Phi) is 6.25. The molecule has 144 valence electrons. The molecule has 0 saturated carbocycles. The second-order valence-electron chi connectivity index (χ2n) is 5.77. The molecule has 0 aliphatic heterocycles. The zero-order valence-corrected chi connectivity index (χ0v) is 14.8. The lowest BCUT2D eigenvalue weighted by Crippen LogP contribution is -2.41. The Morgan fingerprint density at radius 2 is 1.75 bits per heavy atom. The Hall–Kier alpha value is -3.81. The molecule has 3 amide bonds. The number of carbonyl (C=O) groups is 3. The summed E-state index contributed by atoms with van der Waals surface area (Å²) >= 11 is 0. The van der Waals surface area contributed by atoms with Crippen molar-refractivity contribution in [2.75, 3.05) is 13.2 Å². The standard InChI is InChI=1S/C20H18N2O6/c23-18(22-20(25)21-11-17-6-3-9-26-17)12-28-19(24)13-27-16-8-7-14-4-1-2-5-15(14)10-16/h1-10H,11-13H2,(H2,21,22,23,25). The number of benzene rings is 2. The van der Waals surface area contributed by atoms with Crippen LogP contribution in [0.4, 0.5) is 4.79 Å². The highest BCUT2D eigenvalue weighted by Gasteiger charge is 2.12. The van der Waals surface area contributed by atoms with Crippen LogP contribution >= 0.6 is 0 Å². The van der Waals surface area contributed by atoms with Crippen molar-refractivity contribution in [3.05, 3.63) is 66.6 Å². The van der Waals surface area contributed by atoms with E-state index in [1.807, 2.05) is 35.6 Å². The van der Waals surface area contributed by atoms with Crippen LogP contribution in [0.25, 0.3) is 10.8 Å². The minimum absolute atomic E-state index is 0.130. The van der Waals surface area contributed by atoms with Crippen LogP contribution in [-0.4, -0.2) is 31.1 Å². The van der Waals surface area contributed by atoms with E-state index in [9.17, 15) is 14.4 Å². The van der Waals surface area contributed by atoms with E-state index in [1.165, 1.54) is 6.26 Å². The summed E-state index contributed by atoms with van der Waals surface area (Å²) in [5.41, 5.74) is 0. The first-order valence-electron chi connectivity index (χ1n) is 8.47. The number of nitrogens with one attached hydrogen (secondary N) is 2. The van der Waals surface area contributed by atoms with Gasteiger partial charge in [0.2, 0.25) is 0 Å². The number of amides is 3. The molecule has 0 atom stereocenters. The lowest BCUT2D eigenvalue weighted by atomic mass is 10.1. The number of ether oxygens (including phenoxy) is 2. The van der Waals surface area contributed by atoms with Gasteiger partial charge in [-0.2, -0.15) is 0 Å². The molecule has 0 saturated heterocycles. The Balaban J connectivity index is 1.36. The molecule has 3 rings (SSSR count). The van der Waals surface area contributed by atoms with Crippen molar-refractivity contribution in [1.82, 2.24) is 10.6 Å². The fraction of sp³-hybridized carbons (Fsp3) is 0.150. The third-order valence-corrected chi connectivity index (χ3v) is 3.70. The smallest absolute Gasteiger partial charge is 0.344 e. The largest absolute Gasteiger partial charge is 0.482 e. The highest BCUT2D eigenvalue weighted by Crippen LogP contribution is 2.20. The van der Waals surface area contributed by atoms with Crippen molar-refractivity contribution in [3.63, 3.8) is 0 Å². The molecular formula is C20H18N2O6. The van der Waals surface area contributed by atoms with Crippen molar-refractivity contribution in [2.24, 2.45) is 0 Å². The number of rotatable bonds is 7. The molecule has 8 nitrogen and oxygen atoms in total. The van der Waals surface area contributed by atoms with Gasteiger partial charge in [0.1, 0.15) is 11.5 Å². The van der Waals surface area contributed by atoms with Crippen LogP contribution in [0, 0.1) is 0 Å². The quantitative estimate of drug-likeness (QED) is 0.608. The molecule has 0 aliphatic carbocycles. The van der Waals surface area contributed by atoms with Gasteiger partial charge in [-0.1, -0.05) is 30.3 Å². The van der Waals surface area contributed by atoms with Gasteiger partial charge in [-0.25, -0.2) is 9.59 Å². The fourth-order valence-electron chi connectivity index (χ4n) is 2.37. The predicted octanol–water partition coefficient (Wildman–Crippen LogP) is 2.38. The van der Waals surface area contributed by atoms with Gasteiger partial charge in [-0.15, -0.1) is 0 Å². The maximum absolute atomic E-state index is 11.7. The third-order valence-electron chi connectivity index (χ3n) is 3.70. The minimum Gasteiger partial charge on any atom is -0.482 e. The van der Waals surface area contributed by atoms with Crippen molar-refractivity contribution in [3.8, 4) is 5.75 Å². The summed E-state index contributed by atoms with van der Waals surface area (Å²) < 4.78 is 15.2. The second-order valence-corrected chi connectivity index (χ2v) is 5.77. The second kappa shape index (κ2) is 9.22. The highest BCUT2D eigenvalue weighted by molar-refractivity contribution is 5.95. The molecule has 0 unspecified atom stereocenters. The maximum atomic E-state index is 11.7.